The van der Waals surface area contributed by atoms with Gasteiger partial charge in [-0.25, -0.2) is 0 Å². The van der Waals surface area contributed by atoms with Gasteiger partial charge in [-0.1, -0.05) is 48.5 Å². The van der Waals surface area contributed by atoms with Gasteiger partial charge in [-0.3, -0.25) is 0 Å². The summed E-state index contributed by atoms with van der Waals surface area (Å²) < 4.78 is 13.0. The van der Waals surface area contributed by atoms with E-state index in [0.29, 0.717) is 33.8 Å². The minimum Gasteiger partial charge on any atom is -0.440 e. The van der Waals surface area contributed by atoms with Gasteiger partial charge in [0.15, 0.2) is 11.5 Å². The van der Waals surface area contributed by atoms with Crippen molar-refractivity contribution in [3.05, 3.63) is 81.9 Å². The zero-order valence-electron chi connectivity index (χ0n) is 14.8. The summed E-state index contributed by atoms with van der Waals surface area (Å²) in [5.41, 5.74) is 5.94. The van der Waals surface area contributed by atoms with Crippen LogP contribution in [0.3, 0.4) is 0 Å². The van der Waals surface area contributed by atoms with Crippen molar-refractivity contribution in [1.82, 2.24) is 0 Å². The maximum Gasteiger partial charge on any atom is 0.306 e. The Labute approximate surface area is 156 Å². The third-order valence-corrected chi connectivity index (χ3v) is 5.46. The molecule has 4 heteroatoms. The van der Waals surface area contributed by atoms with Gasteiger partial charge in [0, 0.05) is 22.3 Å². The summed E-state index contributed by atoms with van der Waals surface area (Å²) in [6, 6.07) is 20.3. The lowest BCUT2D eigenvalue weighted by Crippen LogP contribution is -2.34. The molecule has 0 bridgehead atoms. The van der Waals surface area contributed by atoms with E-state index < -0.39 is 5.79 Å². The van der Waals surface area contributed by atoms with Crippen molar-refractivity contribution in [1.29, 1.82) is 10.5 Å². The molecule has 0 saturated carbocycles. The summed E-state index contributed by atoms with van der Waals surface area (Å²) in [4.78, 5) is 0. The second-order valence-electron chi connectivity index (χ2n) is 6.79. The molecular formula is C23H14N2O2. The number of ether oxygens (including phenoxy) is 2. The van der Waals surface area contributed by atoms with Crippen LogP contribution in [0.4, 0.5) is 0 Å². The molecular weight excluding hydrogens is 336 g/mol. The van der Waals surface area contributed by atoms with E-state index in [-0.39, 0.29) is 0 Å². The zero-order valence-corrected chi connectivity index (χ0v) is 14.8. The molecule has 1 heterocycles. The van der Waals surface area contributed by atoms with Crippen molar-refractivity contribution in [2.24, 2.45) is 0 Å². The van der Waals surface area contributed by atoms with Crippen LogP contribution in [-0.4, -0.2) is 0 Å². The van der Waals surface area contributed by atoms with Gasteiger partial charge in [0.25, 0.3) is 0 Å². The first-order valence-electron chi connectivity index (χ1n) is 8.67. The normalized spacial score (nSPS) is 14.4. The lowest BCUT2D eigenvalue weighted by atomic mass is 9.97. The zero-order chi connectivity index (χ0) is 18.8. The summed E-state index contributed by atoms with van der Waals surface area (Å²) in [5.74, 6) is -0.0182. The molecule has 1 aliphatic carbocycles. The molecule has 3 aromatic carbocycles. The fourth-order valence-corrected chi connectivity index (χ4v) is 4.15. The van der Waals surface area contributed by atoms with Crippen LogP contribution in [0.1, 0.15) is 33.4 Å². The molecule has 1 aliphatic heterocycles. The largest absolute Gasteiger partial charge is 0.440 e. The Balaban J connectivity index is 1.83. The Morgan fingerprint density at radius 2 is 1.11 bits per heavy atom. The van der Waals surface area contributed by atoms with Crippen LogP contribution in [0.25, 0.3) is 11.1 Å². The van der Waals surface area contributed by atoms with E-state index in [9.17, 15) is 10.5 Å². The predicted molar refractivity (Wildman–Crippen MR) is 99.3 cm³/mol. The fourth-order valence-electron chi connectivity index (χ4n) is 4.15. The minimum absolute atomic E-state index is 0.342. The van der Waals surface area contributed by atoms with Crippen LogP contribution in [-0.2, 0) is 5.79 Å². The number of nitrogens with zero attached hydrogens (tertiary/aromatic N) is 2. The van der Waals surface area contributed by atoms with E-state index in [4.69, 9.17) is 9.47 Å². The highest BCUT2D eigenvalue weighted by atomic mass is 16.7. The molecule has 0 atom stereocenters. The van der Waals surface area contributed by atoms with E-state index in [0.717, 1.165) is 22.3 Å². The number of nitriles is 2. The molecule has 3 aromatic rings. The Hall–Kier alpha value is -3.76. The fraction of sp³-hybridized carbons (Fsp3) is 0.130. The quantitative estimate of drug-likeness (QED) is 0.589. The summed E-state index contributed by atoms with van der Waals surface area (Å²) in [5, 5.41) is 19.1. The molecule has 0 amide bonds. The van der Waals surface area contributed by atoms with Crippen molar-refractivity contribution in [3.63, 3.8) is 0 Å². The molecule has 27 heavy (non-hydrogen) atoms. The number of benzene rings is 3. The SMILES string of the molecule is Cc1c(C#N)c(C#N)c(C)c2c1OC1(O2)c2ccccc2-c2ccccc21. The van der Waals surface area contributed by atoms with Crippen LogP contribution >= 0.6 is 0 Å². The smallest absolute Gasteiger partial charge is 0.306 e. The molecule has 1 spiro atoms. The summed E-state index contributed by atoms with van der Waals surface area (Å²) >= 11 is 0. The Morgan fingerprint density at radius 1 is 0.704 bits per heavy atom. The highest BCUT2D eigenvalue weighted by molar-refractivity contribution is 5.81. The topological polar surface area (TPSA) is 66.0 Å². The number of hydrogen-bond donors (Lipinski definition) is 0. The monoisotopic (exact) mass is 350 g/mol. The molecule has 2 aliphatic rings. The molecule has 0 saturated heterocycles. The molecule has 5 rings (SSSR count). The van der Waals surface area contributed by atoms with Crippen molar-refractivity contribution in [3.8, 4) is 34.8 Å². The minimum atomic E-state index is -1.09. The maximum atomic E-state index is 9.56. The van der Waals surface area contributed by atoms with Crippen LogP contribution < -0.4 is 9.47 Å². The Morgan fingerprint density at radius 3 is 1.52 bits per heavy atom. The molecule has 128 valence electrons. The van der Waals surface area contributed by atoms with Crippen molar-refractivity contribution in [2.45, 2.75) is 19.6 Å². The van der Waals surface area contributed by atoms with E-state index in [1.807, 2.05) is 36.4 Å². The van der Waals surface area contributed by atoms with Crippen molar-refractivity contribution in [2.75, 3.05) is 0 Å². The molecule has 0 fully saturated rings. The summed E-state index contributed by atoms with van der Waals surface area (Å²) in [6.07, 6.45) is 0. The Bertz CT molecular complexity index is 1130. The third kappa shape index (κ3) is 1.75. The number of fused-ring (bicyclic) bond motifs is 6. The van der Waals surface area contributed by atoms with Crippen LogP contribution in [0.15, 0.2) is 48.5 Å². The van der Waals surface area contributed by atoms with E-state index in [1.165, 1.54) is 0 Å². The second-order valence-corrected chi connectivity index (χ2v) is 6.79. The highest BCUT2D eigenvalue weighted by Crippen LogP contribution is 2.58. The van der Waals surface area contributed by atoms with Gasteiger partial charge in [0.2, 0.25) is 0 Å². The van der Waals surface area contributed by atoms with Gasteiger partial charge in [0.05, 0.1) is 11.1 Å². The number of hydrogen-bond acceptors (Lipinski definition) is 4. The average Bonchev–Trinajstić information content (AvgIpc) is 3.24. The summed E-state index contributed by atoms with van der Waals surface area (Å²) in [6.45, 7) is 3.60. The van der Waals surface area contributed by atoms with Crippen LogP contribution in [0.2, 0.25) is 0 Å². The van der Waals surface area contributed by atoms with Crippen molar-refractivity contribution < 1.29 is 9.47 Å². The van der Waals surface area contributed by atoms with Crippen LogP contribution in [0.5, 0.6) is 11.5 Å². The third-order valence-electron chi connectivity index (χ3n) is 5.46. The van der Waals surface area contributed by atoms with Gasteiger partial charge in [-0.2, -0.15) is 10.5 Å². The molecule has 0 aromatic heterocycles. The second kappa shape index (κ2) is 5.13. The van der Waals surface area contributed by atoms with Gasteiger partial charge in [0.1, 0.15) is 12.1 Å². The van der Waals surface area contributed by atoms with Crippen molar-refractivity contribution >= 4 is 0 Å². The number of rotatable bonds is 0. The van der Waals surface area contributed by atoms with Gasteiger partial charge >= 0.3 is 5.79 Å². The lowest BCUT2D eigenvalue weighted by molar-refractivity contribution is -0.0422. The average molecular weight is 350 g/mol. The first kappa shape index (κ1) is 15.5. The first-order valence-corrected chi connectivity index (χ1v) is 8.67. The van der Waals surface area contributed by atoms with Gasteiger partial charge in [-0.15, -0.1) is 0 Å². The highest BCUT2D eigenvalue weighted by Gasteiger charge is 2.53. The Kier molecular flexibility index (Phi) is 2.94. The molecule has 0 N–H and O–H groups in total. The van der Waals surface area contributed by atoms with Gasteiger partial charge in [-0.05, 0) is 25.0 Å². The van der Waals surface area contributed by atoms with Crippen LogP contribution in [0, 0.1) is 36.5 Å². The lowest BCUT2D eigenvalue weighted by Gasteiger charge is -2.25. The first-order chi connectivity index (χ1) is 13.1. The van der Waals surface area contributed by atoms with E-state index >= 15 is 0 Å². The van der Waals surface area contributed by atoms with Gasteiger partial charge < -0.3 is 9.47 Å². The predicted octanol–water partition coefficient (Wildman–Crippen LogP) is 4.70. The van der Waals surface area contributed by atoms with E-state index in [2.05, 4.69) is 24.3 Å². The van der Waals surface area contributed by atoms with E-state index in [1.54, 1.807) is 13.8 Å². The molecule has 0 radical (unpaired) electrons. The molecule has 0 unspecified atom stereocenters. The maximum absolute atomic E-state index is 9.56. The standard InChI is InChI=1S/C23H14N2O2/c1-13-17(11-24)18(12-25)14(2)22-21(13)26-23(27-22)19-9-5-3-7-15(19)16-8-4-6-10-20(16)23/h3-10H,1-2H3. The summed E-state index contributed by atoms with van der Waals surface area (Å²) in [7, 11) is 0. The molecule has 4 nitrogen and oxygen atoms in total.